The smallest absolute Gasteiger partial charge is 0.256 e. The van der Waals surface area contributed by atoms with Gasteiger partial charge >= 0.3 is 0 Å². The van der Waals surface area contributed by atoms with Gasteiger partial charge < -0.3 is 4.90 Å². The summed E-state index contributed by atoms with van der Waals surface area (Å²) in [5.41, 5.74) is 2.50. The third-order valence-corrected chi connectivity index (χ3v) is 4.32. The lowest BCUT2D eigenvalue weighted by Crippen LogP contribution is -2.28. The number of amides is 1. The van der Waals surface area contributed by atoms with Crippen molar-refractivity contribution in [2.75, 3.05) is 13.6 Å². The molecule has 0 radical (unpaired) electrons. The van der Waals surface area contributed by atoms with E-state index in [1.807, 2.05) is 42.5 Å². The Balaban J connectivity index is 1.61. The molecule has 3 rings (SSSR count). The molecule has 0 aliphatic carbocycles. The van der Waals surface area contributed by atoms with Crippen LogP contribution in [0.25, 0.3) is 0 Å². The Kier molecular flexibility index (Phi) is 5.46. The van der Waals surface area contributed by atoms with Crippen LogP contribution < -0.4 is 0 Å². The highest BCUT2D eigenvalue weighted by molar-refractivity contribution is 6.31. The fourth-order valence-electron chi connectivity index (χ4n) is 2.51. The van der Waals surface area contributed by atoms with Crippen molar-refractivity contribution >= 4 is 17.5 Å². The van der Waals surface area contributed by atoms with E-state index in [1.54, 1.807) is 35.2 Å². The third-order valence-electron chi connectivity index (χ3n) is 3.95. The second kappa shape index (κ2) is 7.94. The summed E-state index contributed by atoms with van der Waals surface area (Å²) in [5.74, 6) is -0.0543. The number of nitrogens with zero attached hydrogens (tertiary/aromatic N) is 4. The number of hydrogen-bond acceptors (Lipinski definition) is 3. The standard InChI is InChI=1S/C19H19ClN4O/c1-23(11-9-17-7-4-5-10-21-17)19(25)16-12-22-24(14-16)13-15-6-2-3-8-18(15)20/h2-8,10,12,14H,9,11,13H2,1H3. The molecule has 0 spiro atoms. The van der Waals surface area contributed by atoms with E-state index in [2.05, 4.69) is 10.1 Å². The lowest BCUT2D eigenvalue weighted by atomic mass is 10.2. The molecule has 2 aromatic heterocycles. The first-order valence-electron chi connectivity index (χ1n) is 8.05. The maximum Gasteiger partial charge on any atom is 0.256 e. The highest BCUT2D eigenvalue weighted by Gasteiger charge is 2.14. The van der Waals surface area contributed by atoms with E-state index in [4.69, 9.17) is 11.6 Å². The van der Waals surface area contributed by atoms with E-state index in [9.17, 15) is 4.79 Å². The summed E-state index contributed by atoms with van der Waals surface area (Å²) in [6.07, 6.45) is 5.83. The van der Waals surface area contributed by atoms with E-state index < -0.39 is 0 Å². The molecule has 0 fully saturated rings. The largest absolute Gasteiger partial charge is 0.341 e. The van der Waals surface area contributed by atoms with Crippen molar-refractivity contribution in [3.8, 4) is 0 Å². The van der Waals surface area contributed by atoms with Gasteiger partial charge in [-0.25, -0.2) is 0 Å². The number of halogens is 1. The van der Waals surface area contributed by atoms with Gasteiger partial charge in [-0.05, 0) is 23.8 Å². The summed E-state index contributed by atoms with van der Waals surface area (Å²) in [6, 6.07) is 13.4. The zero-order valence-electron chi connectivity index (χ0n) is 14.0. The maximum atomic E-state index is 12.5. The van der Waals surface area contributed by atoms with Gasteiger partial charge in [0.2, 0.25) is 0 Å². The molecule has 0 saturated heterocycles. The lowest BCUT2D eigenvalue weighted by Gasteiger charge is -2.15. The highest BCUT2D eigenvalue weighted by atomic mass is 35.5. The molecule has 0 atom stereocenters. The van der Waals surface area contributed by atoms with Crippen LogP contribution in [0, 0.1) is 0 Å². The predicted octanol–water partition coefficient (Wildman–Crippen LogP) is 3.29. The molecule has 0 unspecified atom stereocenters. The molecule has 2 heterocycles. The number of hydrogen-bond donors (Lipinski definition) is 0. The first-order valence-corrected chi connectivity index (χ1v) is 8.42. The van der Waals surface area contributed by atoms with Crippen molar-refractivity contribution in [3.63, 3.8) is 0 Å². The van der Waals surface area contributed by atoms with E-state index >= 15 is 0 Å². The molecule has 0 aliphatic heterocycles. The highest BCUT2D eigenvalue weighted by Crippen LogP contribution is 2.16. The third kappa shape index (κ3) is 4.45. The minimum atomic E-state index is -0.0543. The Morgan fingerprint density at radius 1 is 1.20 bits per heavy atom. The fraction of sp³-hybridized carbons (Fsp3) is 0.211. The van der Waals surface area contributed by atoms with E-state index in [-0.39, 0.29) is 5.91 Å². The topological polar surface area (TPSA) is 51.0 Å². The quantitative estimate of drug-likeness (QED) is 0.682. The minimum absolute atomic E-state index is 0.0543. The van der Waals surface area contributed by atoms with Crippen LogP contribution in [0.5, 0.6) is 0 Å². The summed E-state index contributed by atoms with van der Waals surface area (Å²) < 4.78 is 1.72. The molecule has 1 amide bonds. The summed E-state index contributed by atoms with van der Waals surface area (Å²) in [6.45, 7) is 1.14. The summed E-state index contributed by atoms with van der Waals surface area (Å²) in [5, 5.41) is 4.97. The molecular formula is C19H19ClN4O. The summed E-state index contributed by atoms with van der Waals surface area (Å²) in [7, 11) is 1.79. The van der Waals surface area contributed by atoms with Crippen molar-refractivity contribution in [2.24, 2.45) is 0 Å². The van der Waals surface area contributed by atoms with Crippen LogP contribution in [0.4, 0.5) is 0 Å². The van der Waals surface area contributed by atoms with Gasteiger partial charge in [0.05, 0.1) is 18.3 Å². The number of aromatic nitrogens is 3. The Morgan fingerprint density at radius 2 is 2.00 bits per heavy atom. The van der Waals surface area contributed by atoms with Crippen molar-refractivity contribution < 1.29 is 4.79 Å². The van der Waals surface area contributed by atoms with Crippen molar-refractivity contribution in [1.82, 2.24) is 19.7 Å². The molecule has 25 heavy (non-hydrogen) atoms. The molecule has 128 valence electrons. The zero-order chi connectivity index (χ0) is 17.6. The number of pyridine rings is 1. The fourth-order valence-corrected chi connectivity index (χ4v) is 2.71. The summed E-state index contributed by atoms with van der Waals surface area (Å²) >= 11 is 6.17. The Labute approximate surface area is 151 Å². The molecule has 0 aliphatic rings. The van der Waals surface area contributed by atoms with Gasteiger partial charge in [0, 0.05) is 43.1 Å². The molecule has 5 nitrogen and oxygen atoms in total. The van der Waals surface area contributed by atoms with Crippen LogP contribution >= 0.6 is 11.6 Å². The number of carbonyl (C=O) groups is 1. The molecule has 6 heteroatoms. The van der Waals surface area contributed by atoms with Gasteiger partial charge in [-0.15, -0.1) is 0 Å². The number of carbonyl (C=O) groups excluding carboxylic acids is 1. The minimum Gasteiger partial charge on any atom is -0.341 e. The maximum absolute atomic E-state index is 12.5. The number of likely N-dealkylation sites (N-methyl/N-ethyl adjacent to an activating group) is 1. The van der Waals surface area contributed by atoms with Gasteiger partial charge in [-0.3, -0.25) is 14.5 Å². The van der Waals surface area contributed by atoms with Gasteiger partial charge in [-0.2, -0.15) is 5.10 Å². The van der Waals surface area contributed by atoms with E-state index in [0.717, 1.165) is 17.7 Å². The van der Waals surface area contributed by atoms with Crippen LogP contribution in [0.15, 0.2) is 61.1 Å². The normalized spacial score (nSPS) is 10.6. The average Bonchev–Trinajstić information content (AvgIpc) is 3.10. The lowest BCUT2D eigenvalue weighted by molar-refractivity contribution is 0.0796. The van der Waals surface area contributed by atoms with Gasteiger partial charge in [-0.1, -0.05) is 35.9 Å². The monoisotopic (exact) mass is 354 g/mol. The first-order chi connectivity index (χ1) is 12.1. The number of rotatable bonds is 6. The van der Waals surface area contributed by atoms with E-state index in [0.29, 0.717) is 23.7 Å². The Hall–Kier alpha value is -2.66. The number of benzene rings is 1. The molecule has 0 bridgehead atoms. The Morgan fingerprint density at radius 3 is 2.76 bits per heavy atom. The SMILES string of the molecule is CN(CCc1ccccn1)C(=O)c1cnn(Cc2ccccc2Cl)c1. The second-order valence-corrected chi connectivity index (χ2v) is 6.22. The Bertz CT molecular complexity index is 847. The van der Waals surface area contributed by atoms with Crippen LogP contribution in [-0.4, -0.2) is 39.2 Å². The van der Waals surface area contributed by atoms with Gasteiger partial charge in [0.15, 0.2) is 0 Å². The first kappa shape index (κ1) is 17.2. The van der Waals surface area contributed by atoms with Crippen LogP contribution in [-0.2, 0) is 13.0 Å². The molecule has 3 aromatic rings. The van der Waals surface area contributed by atoms with Gasteiger partial charge in [0.25, 0.3) is 5.91 Å². The summed E-state index contributed by atoms with van der Waals surface area (Å²) in [4.78, 5) is 18.5. The zero-order valence-corrected chi connectivity index (χ0v) is 14.7. The van der Waals surface area contributed by atoms with Crippen molar-refractivity contribution in [2.45, 2.75) is 13.0 Å². The molecule has 0 saturated carbocycles. The van der Waals surface area contributed by atoms with Crippen molar-refractivity contribution in [1.29, 1.82) is 0 Å². The van der Waals surface area contributed by atoms with Crippen LogP contribution in [0.2, 0.25) is 5.02 Å². The predicted molar refractivity (Wildman–Crippen MR) is 97.7 cm³/mol. The second-order valence-electron chi connectivity index (χ2n) is 5.82. The van der Waals surface area contributed by atoms with Crippen molar-refractivity contribution in [3.05, 3.63) is 82.9 Å². The van der Waals surface area contributed by atoms with Crippen LogP contribution in [0.1, 0.15) is 21.6 Å². The molecule has 1 aromatic carbocycles. The van der Waals surface area contributed by atoms with Gasteiger partial charge in [0.1, 0.15) is 0 Å². The van der Waals surface area contributed by atoms with Crippen LogP contribution in [0.3, 0.4) is 0 Å². The van der Waals surface area contributed by atoms with E-state index in [1.165, 1.54) is 0 Å². The molecule has 0 N–H and O–H groups in total. The molecular weight excluding hydrogens is 336 g/mol. The average molecular weight is 355 g/mol.